The van der Waals surface area contributed by atoms with Gasteiger partial charge < -0.3 is 9.72 Å². The monoisotopic (exact) mass is 385 g/mol. The van der Waals surface area contributed by atoms with E-state index in [1.165, 1.54) is 0 Å². The molecular formula is C23H16ClN3O. The van der Waals surface area contributed by atoms with Gasteiger partial charge in [0.05, 0.1) is 16.6 Å². The van der Waals surface area contributed by atoms with Crippen molar-refractivity contribution in [2.45, 2.75) is 6.61 Å². The zero-order chi connectivity index (χ0) is 19.3. The molecule has 1 heterocycles. The van der Waals surface area contributed by atoms with Crippen LogP contribution in [0.25, 0.3) is 22.7 Å². The standard InChI is InChI=1S/C23H16ClN3O/c24-20-6-2-1-5-17(20)15-28-19-11-9-16(10-12-19)13-18(14-25)23-26-21-7-3-4-8-22(21)27-23/h1-13H,15H2,(H,26,27)/b18-13+. The second-order valence-corrected chi connectivity index (χ2v) is 6.63. The van der Waals surface area contributed by atoms with E-state index in [0.29, 0.717) is 23.0 Å². The summed E-state index contributed by atoms with van der Waals surface area (Å²) in [5, 5.41) is 10.2. The molecule has 0 unspecified atom stereocenters. The van der Waals surface area contributed by atoms with Crippen molar-refractivity contribution in [3.8, 4) is 11.8 Å². The number of aromatic nitrogens is 2. The number of para-hydroxylation sites is 2. The van der Waals surface area contributed by atoms with Crippen LogP contribution in [0.4, 0.5) is 0 Å². The smallest absolute Gasteiger partial charge is 0.149 e. The number of hydrogen-bond acceptors (Lipinski definition) is 3. The van der Waals surface area contributed by atoms with Crippen LogP contribution in [0, 0.1) is 11.3 Å². The number of ether oxygens (including phenoxy) is 1. The van der Waals surface area contributed by atoms with Gasteiger partial charge in [-0.3, -0.25) is 0 Å². The van der Waals surface area contributed by atoms with Gasteiger partial charge in [-0.25, -0.2) is 4.98 Å². The van der Waals surface area contributed by atoms with Crippen molar-refractivity contribution in [2.75, 3.05) is 0 Å². The van der Waals surface area contributed by atoms with E-state index in [2.05, 4.69) is 16.0 Å². The molecule has 1 N–H and O–H groups in total. The lowest BCUT2D eigenvalue weighted by Gasteiger charge is -2.08. The maximum Gasteiger partial charge on any atom is 0.149 e. The summed E-state index contributed by atoms with van der Waals surface area (Å²) in [6, 6.07) is 25.1. The van der Waals surface area contributed by atoms with Gasteiger partial charge in [0.15, 0.2) is 0 Å². The fraction of sp³-hybridized carbons (Fsp3) is 0.0435. The summed E-state index contributed by atoms with van der Waals surface area (Å²) in [5.41, 5.74) is 4.04. The number of benzene rings is 3. The number of nitrogens with one attached hydrogen (secondary N) is 1. The molecule has 0 aliphatic rings. The van der Waals surface area contributed by atoms with Gasteiger partial charge in [-0.2, -0.15) is 5.26 Å². The summed E-state index contributed by atoms with van der Waals surface area (Å²) in [6.07, 6.45) is 1.80. The Balaban J connectivity index is 1.51. The van der Waals surface area contributed by atoms with Crippen LogP contribution in [0.3, 0.4) is 0 Å². The Morgan fingerprint density at radius 3 is 2.54 bits per heavy atom. The van der Waals surface area contributed by atoms with Crippen LogP contribution in [-0.2, 0) is 6.61 Å². The molecule has 3 aromatic carbocycles. The second kappa shape index (κ2) is 7.99. The number of allylic oxidation sites excluding steroid dienone is 1. The van der Waals surface area contributed by atoms with Crippen molar-refractivity contribution in [3.05, 3.63) is 94.8 Å². The van der Waals surface area contributed by atoms with E-state index in [9.17, 15) is 5.26 Å². The van der Waals surface area contributed by atoms with E-state index in [0.717, 1.165) is 27.9 Å². The lowest BCUT2D eigenvalue weighted by Crippen LogP contribution is -1.96. The maximum atomic E-state index is 9.54. The summed E-state index contributed by atoms with van der Waals surface area (Å²) in [4.78, 5) is 7.67. The van der Waals surface area contributed by atoms with Crippen LogP contribution in [0.15, 0.2) is 72.8 Å². The molecule has 0 radical (unpaired) electrons. The summed E-state index contributed by atoms with van der Waals surface area (Å²) in [7, 11) is 0. The van der Waals surface area contributed by atoms with E-state index < -0.39 is 0 Å². The third-order valence-electron chi connectivity index (χ3n) is 4.31. The average Bonchev–Trinajstić information content (AvgIpc) is 3.16. The van der Waals surface area contributed by atoms with Gasteiger partial charge >= 0.3 is 0 Å². The van der Waals surface area contributed by atoms with E-state index >= 15 is 0 Å². The molecule has 0 atom stereocenters. The first-order valence-corrected chi connectivity index (χ1v) is 9.14. The number of hydrogen-bond donors (Lipinski definition) is 1. The number of rotatable bonds is 5. The molecule has 0 spiro atoms. The number of aromatic amines is 1. The third-order valence-corrected chi connectivity index (χ3v) is 4.68. The molecule has 0 amide bonds. The number of halogens is 1. The zero-order valence-corrected chi connectivity index (χ0v) is 15.6. The van der Waals surface area contributed by atoms with E-state index in [1.807, 2.05) is 72.8 Å². The lowest BCUT2D eigenvalue weighted by molar-refractivity contribution is 0.306. The molecule has 4 rings (SSSR count). The van der Waals surface area contributed by atoms with Crippen LogP contribution in [-0.4, -0.2) is 9.97 Å². The molecule has 5 heteroatoms. The van der Waals surface area contributed by atoms with Crippen molar-refractivity contribution >= 4 is 34.3 Å². The van der Waals surface area contributed by atoms with Crippen LogP contribution >= 0.6 is 11.6 Å². The minimum Gasteiger partial charge on any atom is -0.489 e. The molecule has 0 saturated carbocycles. The van der Waals surface area contributed by atoms with Gasteiger partial charge in [0, 0.05) is 10.6 Å². The van der Waals surface area contributed by atoms with Crippen molar-refractivity contribution in [1.29, 1.82) is 5.26 Å². The van der Waals surface area contributed by atoms with Crippen LogP contribution in [0.1, 0.15) is 17.0 Å². The Bertz CT molecular complexity index is 1150. The lowest BCUT2D eigenvalue weighted by atomic mass is 10.1. The fourth-order valence-corrected chi connectivity index (χ4v) is 3.03. The summed E-state index contributed by atoms with van der Waals surface area (Å²) >= 11 is 6.15. The van der Waals surface area contributed by atoms with Crippen LogP contribution < -0.4 is 4.74 Å². The molecule has 0 fully saturated rings. The van der Waals surface area contributed by atoms with Crippen LogP contribution in [0.5, 0.6) is 5.75 Å². The van der Waals surface area contributed by atoms with Gasteiger partial charge in [0.2, 0.25) is 0 Å². The molecular weight excluding hydrogens is 370 g/mol. The molecule has 4 aromatic rings. The first kappa shape index (κ1) is 17.8. The topological polar surface area (TPSA) is 61.7 Å². The molecule has 136 valence electrons. The second-order valence-electron chi connectivity index (χ2n) is 6.22. The molecule has 28 heavy (non-hydrogen) atoms. The minimum absolute atomic E-state index is 0.400. The number of fused-ring (bicyclic) bond motifs is 1. The third kappa shape index (κ3) is 3.90. The first-order valence-electron chi connectivity index (χ1n) is 8.76. The Labute approximate surface area is 167 Å². The molecule has 4 nitrogen and oxygen atoms in total. The highest BCUT2D eigenvalue weighted by molar-refractivity contribution is 6.31. The van der Waals surface area contributed by atoms with E-state index in [-0.39, 0.29) is 0 Å². The number of H-pyrrole nitrogens is 1. The van der Waals surface area contributed by atoms with Gasteiger partial charge in [0.1, 0.15) is 24.3 Å². The summed E-state index contributed by atoms with van der Waals surface area (Å²) in [5.74, 6) is 1.29. The summed E-state index contributed by atoms with van der Waals surface area (Å²) in [6.45, 7) is 0.400. The molecule has 0 aliphatic heterocycles. The predicted octanol–water partition coefficient (Wildman–Crippen LogP) is 5.86. The Kier molecular flexibility index (Phi) is 5.09. The highest BCUT2D eigenvalue weighted by Gasteiger charge is 2.08. The average molecular weight is 386 g/mol. The Hall–Kier alpha value is -3.55. The fourth-order valence-electron chi connectivity index (χ4n) is 2.84. The number of nitriles is 1. The Morgan fingerprint density at radius 1 is 1.04 bits per heavy atom. The van der Waals surface area contributed by atoms with Crippen molar-refractivity contribution < 1.29 is 4.74 Å². The summed E-state index contributed by atoms with van der Waals surface area (Å²) < 4.78 is 5.80. The SMILES string of the molecule is N#C/C(=C\c1ccc(OCc2ccccc2Cl)cc1)c1nc2ccccc2[nH]1. The maximum absolute atomic E-state index is 9.54. The van der Waals surface area contributed by atoms with Crippen molar-refractivity contribution in [3.63, 3.8) is 0 Å². The van der Waals surface area contributed by atoms with Crippen molar-refractivity contribution in [1.82, 2.24) is 9.97 Å². The molecule has 0 bridgehead atoms. The zero-order valence-electron chi connectivity index (χ0n) is 14.9. The normalized spacial score (nSPS) is 11.4. The highest BCUT2D eigenvalue weighted by atomic mass is 35.5. The largest absolute Gasteiger partial charge is 0.489 e. The molecule has 0 aliphatic carbocycles. The number of nitrogens with zero attached hydrogens (tertiary/aromatic N) is 2. The van der Waals surface area contributed by atoms with Crippen LogP contribution in [0.2, 0.25) is 5.02 Å². The van der Waals surface area contributed by atoms with Gasteiger partial charge in [-0.1, -0.05) is 54.1 Å². The minimum atomic E-state index is 0.400. The quantitative estimate of drug-likeness (QED) is 0.437. The van der Waals surface area contributed by atoms with E-state index in [4.69, 9.17) is 16.3 Å². The van der Waals surface area contributed by atoms with Gasteiger partial charge in [0.25, 0.3) is 0 Å². The molecule has 1 aromatic heterocycles. The molecule has 0 saturated heterocycles. The van der Waals surface area contributed by atoms with E-state index in [1.54, 1.807) is 6.08 Å². The first-order chi connectivity index (χ1) is 13.7. The highest BCUT2D eigenvalue weighted by Crippen LogP contribution is 2.22. The Morgan fingerprint density at radius 2 is 1.79 bits per heavy atom. The predicted molar refractivity (Wildman–Crippen MR) is 112 cm³/mol. The van der Waals surface area contributed by atoms with Gasteiger partial charge in [-0.05, 0) is 42.0 Å². The van der Waals surface area contributed by atoms with Crippen molar-refractivity contribution in [2.24, 2.45) is 0 Å². The number of imidazole rings is 1. The van der Waals surface area contributed by atoms with Gasteiger partial charge in [-0.15, -0.1) is 0 Å².